The molecule has 4 bridgehead atoms. The zero-order valence-electron chi connectivity index (χ0n) is 33.0. The van der Waals surface area contributed by atoms with Crippen molar-refractivity contribution < 1.29 is 21.1 Å². The summed E-state index contributed by atoms with van der Waals surface area (Å²) in [4.78, 5) is 11.8. The second-order valence-electron chi connectivity index (χ2n) is 17.1. The van der Waals surface area contributed by atoms with Crippen molar-refractivity contribution in [2.24, 2.45) is 23.7 Å². The topological polar surface area (TPSA) is 27.5 Å². The predicted molar refractivity (Wildman–Crippen MR) is 236 cm³/mol. The summed E-state index contributed by atoms with van der Waals surface area (Å²) in [6.07, 6.45) is 8.86. The molecule has 0 radical (unpaired) electrons. The molecule has 4 saturated carbocycles. The average Bonchev–Trinajstić information content (AvgIpc) is 3.83. The van der Waals surface area contributed by atoms with Crippen LogP contribution in [0.2, 0.25) is 0 Å². The number of aromatic nitrogens is 2. The van der Waals surface area contributed by atoms with Gasteiger partial charge in [-0.1, -0.05) is 95.8 Å². The van der Waals surface area contributed by atoms with Gasteiger partial charge >= 0.3 is 0 Å². The first-order chi connectivity index (χ1) is 28.6. The summed E-state index contributed by atoms with van der Waals surface area (Å²) in [7, 11) is 2.12. The Kier molecular flexibility index (Phi) is 8.82. The van der Waals surface area contributed by atoms with Crippen LogP contribution in [0.5, 0.6) is 0 Å². The number of rotatable bonds is 7. The van der Waals surface area contributed by atoms with Gasteiger partial charge in [0.05, 0.1) is 0 Å². The molecule has 8 aromatic rings. The number of hydrogen-bond acceptors (Lipinski definition) is 4. The van der Waals surface area contributed by atoms with E-state index in [1.54, 1.807) is 0 Å². The third-order valence-corrected chi connectivity index (χ3v) is 14.1. The number of para-hydroxylation sites is 4. The Morgan fingerprint density at radius 2 is 1.27 bits per heavy atom. The molecule has 0 unspecified atom stereocenters. The third kappa shape index (κ3) is 5.65. The average molecular weight is 946 g/mol. The van der Waals surface area contributed by atoms with E-state index in [0.29, 0.717) is 11.8 Å². The maximum Gasteiger partial charge on any atom is 0.135 e. The molecule has 4 aliphatic carbocycles. The van der Waals surface area contributed by atoms with E-state index in [9.17, 15) is 0 Å². The van der Waals surface area contributed by atoms with Crippen molar-refractivity contribution in [3.8, 4) is 5.82 Å². The van der Waals surface area contributed by atoms with Crippen molar-refractivity contribution in [1.82, 2.24) is 9.55 Å². The summed E-state index contributed by atoms with van der Waals surface area (Å²) in [6, 6.07) is 62.6. The second-order valence-corrected chi connectivity index (χ2v) is 17.1. The molecule has 4 fully saturated rings. The molecule has 3 heterocycles. The molecule has 2 aromatic heterocycles. The van der Waals surface area contributed by atoms with E-state index in [-0.39, 0.29) is 26.5 Å². The van der Waals surface area contributed by atoms with Gasteiger partial charge in [-0.15, -0.1) is 48.1 Å². The van der Waals surface area contributed by atoms with Gasteiger partial charge in [-0.05, 0) is 115 Å². The molecule has 0 spiro atoms. The van der Waals surface area contributed by atoms with Crippen LogP contribution in [0.1, 0.15) is 43.2 Å². The summed E-state index contributed by atoms with van der Waals surface area (Å²) in [5, 5.41) is 2.39. The number of fused-ring (bicyclic) bond motifs is 4. The van der Waals surface area contributed by atoms with E-state index in [2.05, 4.69) is 203 Å². The Bertz CT molecular complexity index is 2800. The van der Waals surface area contributed by atoms with Gasteiger partial charge in [-0.25, -0.2) is 4.98 Å². The van der Waals surface area contributed by atoms with Gasteiger partial charge in [0, 0.05) is 62.3 Å². The van der Waals surface area contributed by atoms with Crippen molar-refractivity contribution >= 4 is 55.9 Å². The van der Waals surface area contributed by atoms with Crippen LogP contribution in [0.4, 0.5) is 34.1 Å². The van der Waals surface area contributed by atoms with Crippen molar-refractivity contribution in [1.29, 1.82) is 0 Å². The smallest absolute Gasteiger partial charge is 0.135 e. The molecule has 294 valence electrons. The van der Waals surface area contributed by atoms with E-state index in [0.717, 1.165) is 62.8 Å². The maximum absolute atomic E-state index is 5.16. The molecule has 6 aromatic carbocycles. The molecule has 1 aliphatic heterocycles. The Balaban J connectivity index is 0.00000397. The van der Waals surface area contributed by atoms with Crippen LogP contribution in [0.3, 0.4) is 0 Å². The van der Waals surface area contributed by atoms with Gasteiger partial charge in [-0.3, -0.25) is 0 Å². The summed E-state index contributed by atoms with van der Waals surface area (Å²) in [5.41, 5.74) is 11.4. The van der Waals surface area contributed by atoms with Crippen LogP contribution in [0.25, 0.3) is 27.6 Å². The Hall–Kier alpha value is -5.64. The fourth-order valence-electron chi connectivity index (χ4n) is 11.9. The molecule has 0 amide bonds. The fraction of sp³-hybridized carbons (Fsp3) is 0.208. The molecule has 5 nitrogen and oxygen atoms in total. The molecule has 0 atom stereocenters. The number of benzene rings is 6. The number of pyridine rings is 1. The van der Waals surface area contributed by atoms with Crippen molar-refractivity contribution in [2.45, 2.75) is 37.5 Å². The van der Waals surface area contributed by atoms with Gasteiger partial charge < -0.3 is 19.3 Å². The molecule has 0 N–H and O–H groups in total. The first-order valence-corrected chi connectivity index (χ1v) is 20.9. The minimum absolute atomic E-state index is 0. The predicted octanol–water partition coefficient (Wildman–Crippen LogP) is 12.7. The second kappa shape index (κ2) is 14.3. The molecule has 0 saturated heterocycles. The SMILES string of the molecule is CN(c1[c-]c(N2[CH-]N(c3ccccc3)c3ccccc32)ccc1)c1[c-]c2c(cc1)c1ccccc1n2-c1cc(C2(c3ccccc3)C3CC4CC(C3)CC2C4)ccn1.[Pt]. The molecular weight excluding hydrogens is 902 g/mol. The first-order valence-electron chi connectivity index (χ1n) is 20.9. The van der Waals surface area contributed by atoms with E-state index in [1.165, 1.54) is 54.0 Å². The molecule has 59 heavy (non-hydrogen) atoms. The Morgan fingerprint density at radius 1 is 0.610 bits per heavy atom. The number of anilines is 6. The fourth-order valence-corrected chi connectivity index (χ4v) is 11.9. The summed E-state index contributed by atoms with van der Waals surface area (Å²) < 4.78 is 2.36. The largest absolute Gasteiger partial charge is 0.493 e. The quantitative estimate of drug-likeness (QED) is 0.149. The van der Waals surface area contributed by atoms with Gasteiger partial charge in [0.25, 0.3) is 0 Å². The van der Waals surface area contributed by atoms with Gasteiger partial charge in [0.15, 0.2) is 0 Å². The van der Waals surface area contributed by atoms with Crippen LogP contribution in [-0.2, 0) is 26.5 Å². The summed E-state index contributed by atoms with van der Waals surface area (Å²) in [6.45, 7) is 2.17. The number of nitrogens with zero attached hydrogens (tertiary/aromatic N) is 5. The molecule has 5 aliphatic rings. The molecule has 13 rings (SSSR count). The van der Waals surface area contributed by atoms with Crippen LogP contribution in [0.15, 0.2) is 158 Å². The van der Waals surface area contributed by atoms with Crippen molar-refractivity contribution in [3.05, 3.63) is 188 Å². The van der Waals surface area contributed by atoms with Crippen molar-refractivity contribution in [3.63, 3.8) is 0 Å². The van der Waals surface area contributed by atoms with Crippen LogP contribution < -0.4 is 14.7 Å². The van der Waals surface area contributed by atoms with E-state index in [4.69, 9.17) is 4.98 Å². The number of hydrogen-bond donors (Lipinski definition) is 0. The van der Waals surface area contributed by atoms with Crippen LogP contribution in [-0.4, -0.2) is 16.6 Å². The first kappa shape index (κ1) is 36.4. The van der Waals surface area contributed by atoms with Gasteiger partial charge in [0.2, 0.25) is 0 Å². The minimum atomic E-state index is 0. The summed E-state index contributed by atoms with van der Waals surface area (Å²) >= 11 is 0. The molecular formula is C53H44N5Pt-3. The van der Waals surface area contributed by atoms with E-state index < -0.39 is 0 Å². The van der Waals surface area contributed by atoms with E-state index in [1.807, 2.05) is 0 Å². The third-order valence-electron chi connectivity index (χ3n) is 14.1. The van der Waals surface area contributed by atoms with Gasteiger partial charge in [0.1, 0.15) is 5.82 Å². The van der Waals surface area contributed by atoms with Gasteiger partial charge in [-0.2, -0.15) is 12.1 Å². The minimum Gasteiger partial charge on any atom is -0.493 e. The zero-order valence-corrected chi connectivity index (χ0v) is 35.3. The van der Waals surface area contributed by atoms with Crippen LogP contribution in [0, 0.1) is 42.5 Å². The summed E-state index contributed by atoms with van der Waals surface area (Å²) in [5.74, 6) is 4.05. The normalized spacial score (nSPS) is 22.8. The maximum atomic E-state index is 5.16. The Morgan fingerprint density at radius 3 is 2.03 bits per heavy atom. The van der Waals surface area contributed by atoms with Crippen LogP contribution >= 0.6 is 0 Å². The van der Waals surface area contributed by atoms with E-state index >= 15 is 0 Å². The monoisotopic (exact) mass is 945 g/mol. The van der Waals surface area contributed by atoms with Crippen molar-refractivity contribution in [2.75, 3.05) is 21.7 Å². The Labute approximate surface area is 361 Å². The standard InChI is InChI=1S/C53H44N5.Pt/c1-55(43-17-12-18-45(33-43)57-35-56(42-15-6-3-7-16-42)49-21-10-11-22-50(49)57)44-23-24-47-46-19-8-9-20-48(46)58(51(47)34-44)52-32-39(25-26-54-52)53(38-13-4-2-5-14-38)40-28-36-27-37(30-40)31-41(53)29-36;/h2-26,32,35-37,40-41H,27-31H2,1H3;/q-3;. The molecule has 6 heteroatoms. The zero-order chi connectivity index (χ0) is 38.4.